The van der Waals surface area contributed by atoms with Gasteiger partial charge in [0.05, 0.1) is 17.3 Å². The molecule has 0 N–H and O–H groups in total. The molecule has 0 unspecified atom stereocenters. The van der Waals surface area contributed by atoms with Gasteiger partial charge in [0, 0.05) is 18.0 Å². The summed E-state index contributed by atoms with van der Waals surface area (Å²) in [6.07, 6.45) is 3.41. The van der Waals surface area contributed by atoms with Crippen LogP contribution in [0.1, 0.15) is 15.9 Å². The number of pyridine rings is 1. The molecule has 0 aliphatic heterocycles. The predicted octanol–water partition coefficient (Wildman–Crippen LogP) is 3.91. The highest BCUT2D eigenvalue weighted by Gasteiger charge is 2.14. The van der Waals surface area contributed by atoms with E-state index in [-0.39, 0.29) is 17.4 Å². The molecule has 94 valence electrons. The standard InChI is InChI=1S/C15H10ClNO2/c16-15-12(6-8-19-15)14(18)9-10-5-7-17-13-4-2-1-3-11(10)13/h1-8H,9H2. The van der Waals surface area contributed by atoms with Crippen molar-refractivity contribution in [1.82, 2.24) is 4.98 Å². The molecule has 4 heteroatoms. The van der Waals surface area contributed by atoms with Crippen LogP contribution in [0.5, 0.6) is 0 Å². The van der Waals surface area contributed by atoms with Crippen LogP contribution in [0.25, 0.3) is 10.9 Å². The number of carbonyl (C=O) groups is 1. The summed E-state index contributed by atoms with van der Waals surface area (Å²) in [7, 11) is 0. The smallest absolute Gasteiger partial charge is 0.203 e. The number of para-hydroxylation sites is 1. The molecule has 1 aromatic carbocycles. The Balaban J connectivity index is 1.98. The number of nitrogens with zero attached hydrogens (tertiary/aromatic N) is 1. The molecule has 0 aliphatic rings. The SMILES string of the molecule is O=C(Cc1ccnc2ccccc12)c1ccoc1Cl. The molecule has 0 fully saturated rings. The van der Waals surface area contributed by atoms with Crippen molar-refractivity contribution >= 4 is 28.3 Å². The van der Waals surface area contributed by atoms with Crippen molar-refractivity contribution in [3.05, 3.63) is 65.2 Å². The lowest BCUT2D eigenvalue weighted by molar-refractivity contribution is 0.0993. The fourth-order valence-corrected chi connectivity index (χ4v) is 2.29. The summed E-state index contributed by atoms with van der Waals surface area (Å²) in [5.74, 6) is -0.0601. The fraction of sp³-hybridized carbons (Fsp3) is 0.0667. The van der Waals surface area contributed by atoms with Crippen molar-refractivity contribution in [3.8, 4) is 0 Å². The molecule has 2 heterocycles. The van der Waals surface area contributed by atoms with Crippen LogP contribution in [0, 0.1) is 0 Å². The Bertz CT molecular complexity index is 743. The minimum absolute atomic E-state index is 0.0601. The van der Waals surface area contributed by atoms with Gasteiger partial charge in [-0.2, -0.15) is 0 Å². The van der Waals surface area contributed by atoms with Gasteiger partial charge in [-0.05, 0) is 35.4 Å². The Morgan fingerprint density at radius 1 is 1.21 bits per heavy atom. The predicted molar refractivity (Wildman–Crippen MR) is 73.5 cm³/mol. The highest BCUT2D eigenvalue weighted by atomic mass is 35.5. The van der Waals surface area contributed by atoms with Gasteiger partial charge in [-0.3, -0.25) is 9.78 Å². The zero-order valence-corrected chi connectivity index (χ0v) is 10.7. The number of carbonyl (C=O) groups excluding carboxylic acids is 1. The van der Waals surface area contributed by atoms with Gasteiger partial charge in [0.15, 0.2) is 5.78 Å². The summed E-state index contributed by atoms with van der Waals surface area (Å²) in [5, 5.41) is 1.13. The summed E-state index contributed by atoms with van der Waals surface area (Å²) in [6.45, 7) is 0. The second-order valence-electron chi connectivity index (χ2n) is 4.20. The number of furan rings is 1. The summed E-state index contributed by atoms with van der Waals surface area (Å²) in [5.41, 5.74) is 2.24. The number of benzene rings is 1. The first-order valence-corrected chi connectivity index (χ1v) is 6.22. The van der Waals surface area contributed by atoms with Crippen molar-refractivity contribution in [2.75, 3.05) is 0 Å². The van der Waals surface area contributed by atoms with E-state index in [1.807, 2.05) is 30.3 Å². The number of aromatic nitrogens is 1. The molecule has 0 saturated heterocycles. The number of rotatable bonds is 3. The van der Waals surface area contributed by atoms with E-state index in [0.29, 0.717) is 5.56 Å². The van der Waals surface area contributed by atoms with Crippen LogP contribution in [-0.4, -0.2) is 10.8 Å². The van der Waals surface area contributed by atoms with Gasteiger partial charge in [-0.1, -0.05) is 18.2 Å². The van der Waals surface area contributed by atoms with Gasteiger partial charge in [0.1, 0.15) is 0 Å². The minimum Gasteiger partial charge on any atom is -0.452 e. The van der Waals surface area contributed by atoms with E-state index in [0.717, 1.165) is 16.5 Å². The lowest BCUT2D eigenvalue weighted by Gasteiger charge is -2.04. The van der Waals surface area contributed by atoms with Crippen molar-refractivity contribution in [1.29, 1.82) is 0 Å². The number of ketones is 1. The lowest BCUT2D eigenvalue weighted by Crippen LogP contribution is -2.03. The molecule has 0 aliphatic carbocycles. The van der Waals surface area contributed by atoms with E-state index in [1.54, 1.807) is 12.3 Å². The lowest BCUT2D eigenvalue weighted by atomic mass is 10.0. The highest BCUT2D eigenvalue weighted by Crippen LogP contribution is 2.22. The average Bonchev–Trinajstić information content (AvgIpc) is 2.85. The quantitative estimate of drug-likeness (QED) is 0.679. The van der Waals surface area contributed by atoms with E-state index in [1.165, 1.54) is 6.26 Å². The van der Waals surface area contributed by atoms with Gasteiger partial charge < -0.3 is 4.42 Å². The fourth-order valence-electron chi connectivity index (χ4n) is 2.07. The Kier molecular flexibility index (Phi) is 3.05. The van der Waals surface area contributed by atoms with E-state index < -0.39 is 0 Å². The Labute approximate surface area is 114 Å². The number of hydrogen-bond donors (Lipinski definition) is 0. The third kappa shape index (κ3) is 2.25. The van der Waals surface area contributed by atoms with Crippen LogP contribution in [0.4, 0.5) is 0 Å². The molecule has 0 radical (unpaired) electrons. The van der Waals surface area contributed by atoms with Gasteiger partial charge in [0.25, 0.3) is 0 Å². The van der Waals surface area contributed by atoms with Crippen LogP contribution < -0.4 is 0 Å². The molecule has 0 bridgehead atoms. The van der Waals surface area contributed by atoms with Gasteiger partial charge in [-0.25, -0.2) is 0 Å². The summed E-state index contributed by atoms with van der Waals surface area (Å²) < 4.78 is 4.94. The molecular formula is C15H10ClNO2. The first kappa shape index (κ1) is 11.9. The van der Waals surface area contributed by atoms with Crippen molar-refractivity contribution in [2.45, 2.75) is 6.42 Å². The highest BCUT2D eigenvalue weighted by molar-refractivity contribution is 6.32. The Morgan fingerprint density at radius 3 is 2.84 bits per heavy atom. The maximum Gasteiger partial charge on any atom is 0.203 e. The molecule has 3 rings (SSSR count). The Morgan fingerprint density at radius 2 is 2.05 bits per heavy atom. The molecule has 3 aromatic rings. The van der Waals surface area contributed by atoms with Crippen molar-refractivity contribution in [3.63, 3.8) is 0 Å². The maximum absolute atomic E-state index is 12.2. The topological polar surface area (TPSA) is 43.1 Å². The van der Waals surface area contributed by atoms with E-state index >= 15 is 0 Å². The number of fused-ring (bicyclic) bond motifs is 1. The third-order valence-electron chi connectivity index (χ3n) is 3.01. The van der Waals surface area contributed by atoms with Crippen LogP contribution in [0.3, 0.4) is 0 Å². The second-order valence-corrected chi connectivity index (χ2v) is 4.54. The molecule has 0 spiro atoms. The van der Waals surface area contributed by atoms with Crippen LogP contribution in [0.15, 0.2) is 53.3 Å². The van der Waals surface area contributed by atoms with Crippen LogP contribution in [0.2, 0.25) is 5.22 Å². The molecule has 0 atom stereocenters. The zero-order chi connectivity index (χ0) is 13.2. The van der Waals surface area contributed by atoms with Gasteiger partial charge >= 0.3 is 0 Å². The summed E-state index contributed by atoms with van der Waals surface area (Å²) >= 11 is 5.82. The first-order valence-electron chi connectivity index (χ1n) is 5.84. The molecular weight excluding hydrogens is 262 g/mol. The zero-order valence-electron chi connectivity index (χ0n) is 9.97. The van der Waals surface area contributed by atoms with E-state index in [4.69, 9.17) is 16.0 Å². The molecule has 2 aromatic heterocycles. The monoisotopic (exact) mass is 271 g/mol. The van der Waals surface area contributed by atoms with E-state index in [2.05, 4.69) is 4.98 Å². The van der Waals surface area contributed by atoms with Crippen molar-refractivity contribution in [2.24, 2.45) is 0 Å². The normalized spacial score (nSPS) is 10.8. The molecule has 0 amide bonds. The average molecular weight is 272 g/mol. The number of halogens is 1. The third-order valence-corrected chi connectivity index (χ3v) is 3.30. The Hall–Kier alpha value is -2.13. The van der Waals surface area contributed by atoms with Gasteiger partial charge in [0.2, 0.25) is 5.22 Å². The minimum atomic E-state index is -0.0601. The van der Waals surface area contributed by atoms with Crippen molar-refractivity contribution < 1.29 is 9.21 Å². The largest absolute Gasteiger partial charge is 0.452 e. The first-order chi connectivity index (χ1) is 9.25. The maximum atomic E-state index is 12.2. The van der Waals surface area contributed by atoms with Crippen LogP contribution >= 0.6 is 11.6 Å². The van der Waals surface area contributed by atoms with Gasteiger partial charge in [-0.15, -0.1) is 0 Å². The molecule has 0 saturated carbocycles. The second kappa shape index (κ2) is 4.86. The van der Waals surface area contributed by atoms with Crippen LogP contribution in [-0.2, 0) is 6.42 Å². The number of hydrogen-bond acceptors (Lipinski definition) is 3. The molecule has 3 nitrogen and oxygen atoms in total. The number of Topliss-reactive ketones (excluding diaryl/α,β-unsaturated/α-hetero) is 1. The molecule has 19 heavy (non-hydrogen) atoms. The summed E-state index contributed by atoms with van der Waals surface area (Å²) in [4.78, 5) is 16.4. The summed E-state index contributed by atoms with van der Waals surface area (Å²) in [6, 6.07) is 11.2. The van der Waals surface area contributed by atoms with E-state index in [9.17, 15) is 4.79 Å².